The van der Waals surface area contributed by atoms with Gasteiger partial charge in [-0.15, -0.1) is 0 Å². The summed E-state index contributed by atoms with van der Waals surface area (Å²) in [4.78, 5) is 12.7. The number of nitrogens with zero attached hydrogens (tertiary/aromatic N) is 4. The van der Waals surface area contributed by atoms with Gasteiger partial charge in [0.05, 0.1) is 30.7 Å². The molecule has 0 unspecified atom stereocenters. The first-order valence-electron chi connectivity index (χ1n) is 7.31. The average Bonchev–Trinajstić information content (AvgIpc) is 2.99. The van der Waals surface area contributed by atoms with E-state index in [1.165, 1.54) is 4.68 Å². The Morgan fingerprint density at radius 1 is 1.23 bits per heavy atom. The number of ether oxygens (including phenoxy) is 1. The third-order valence-corrected chi connectivity index (χ3v) is 3.52. The predicted octanol–water partition coefficient (Wildman–Crippen LogP) is 1.93. The lowest BCUT2D eigenvalue weighted by molar-refractivity contribution is 0.135. The zero-order chi connectivity index (χ0) is 15.5. The summed E-state index contributed by atoms with van der Waals surface area (Å²) in [6.45, 7) is 5.33. The Bertz CT molecular complexity index is 836. The van der Waals surface area contributed by atoms with E-state index in [2.05, 4.69) is 10.2 Å². The first-order chi connectivity index (χ1) is 10.7. The number of aryl methyl sites for hydroxylation is 1. The van der Waals surface area contributed by atoms with Crippen LogP contribution in [-0.2, 0) is 11.3 Å². The molecule has 0 aliphatic rings. The molecule has 2 aromatic heterocycles. The number of rotatable bonds is 5. The summed E-state index contributed by atoms with van der Waals surface area (Å²) in [5.41, 5.74) is 2.04. The van der Waals surface area contributed by atoms with E-state index >= 15 is 0 Å². The van der Waals surface area contributed by atoms with Gasteiger partial charge in [0, 0.05) is 12.0 Å². The van der Waals surface area contributed by atoms with Crippen molar-refractivity contribution in [2.24, 2.45) is 0 Å². The molecule has 0 aliphatic heterocycles. The summed E-state index contributed by atoms with van der Waals surface area (Å²) < 4.78 is 8.44. The van der Waals surface area contributed by atoms with Crippen molar-refractivity contribution < 1.29 is 4.74 Å². The molecule has 2 heterocycles. The molecule has 0 spiro atoms. The minimum Gasteiger partial charge on any atom is -0.380 e. The third kappa shape index (κ3) is 2.53. The quantitative estimate of drug-likeness (QED) is 0.675. The Labute approximate surface area is 127 Å². The SMILES string of the molecule is CCOCCn1nc(C)c2cnn(-c3ccccc3)c2c1=O. The number of hydrogen-bond donors (Lipinski definition) is 0. The number of para-hydroxylation sites is 1. The highest BCUT2D eigenvalue weighted by molar-refractivity contribution is 5.81. The fraction of sp³-hybridized carbons (Fsp3) is 0.312. The standard InChI is InChI=1S/C16H18N4O2/c1-3-22-10-9-19-16(21)15-14(12(2)18-19)11-17-20(15)13-7-5-4-6-8-13/h4-8,11H,3,9-10H2,1-2H3. The van der Waals surface area contributed by atoms with E-state index in [0.717, 1.165) is 16.8 Å². The topological polar surface area (TPSA) is 61.9 Å². The van der Waals surface area contributed by atoms with Crippen LogP contribution in [0.5, 0.6) is 0 Å². The van der Waals surface area contributed by atoms with Crippen LogP contribution in [0.25, 0.3) is 16.6 Å². The van der Waals surface area contributed by atoms with E-state index < -0.39 is 0 Å². The second-order valence-electron chi connectivity index (χ2n) is 4.96. The smallest absolute Gasteiger partial charge is 0.293 e. The van der Waals surface area contributed by atoms with Gasteiger partial charge >= 0.3 is 0 Å². The third-order valence-electron chi connectivity index (χ3n) is 3.52. The van der Waals surface area contributed by atoms with Crippen LogP contribution in [0.2, 0.25) is 0 Å². The van der Waals surface area contributed by atoms with Crippen molar-refractivity contribution in [1.29, 1.82) is 0 Å². The lowest BCUT2D eigenvalue weighted by atomic mass is 10.2. The van der Waals surface area contributed by atoms with Crippen molar-refractivity contribution in [3.63, 3.8) is 0 Å². The van der Waals surface area contributed by atoms with E-state index in [9.17, 15) is 4.79 Å². The minimum atomic E-state index is -0.151. The Kier molecular flexibility index (Phi) is 4.02. The van der Waals surface area contributed by atoms with Crippen molar-refractivity contribution in [2.75, 3.05) is 13.2 Å². The Hall–Kier alpha value is -2.47. The van der Waals surface area contributed by atoms with Gasteiger partial charge in [-0.1, -0.05) is 18.2 Å². The fourth-order valence-corrected chi connectivity index (χ4v) is 2.43. The minimum absolute atomic E-state index is 0.151. The van der Waals surface area contributed by atoms with Crippen molar-refractivity contribution in [2.45, 2.75) is 20.4 Å². The summed E-state index contributed by atoms with van der Waals surface area (Å²) in [5, 5.41) is 9.49. The van der Waals surface area contributed by atoms with Gasteiger partial charge in [-0.2, -0.15) is 10.2 Å². The van der Waals surface area contributed by atoms with Crippen molar-refractivity contribution >= 4 is 10.9 Å². The lowest BCUT2D eigenvalue weighted by Gasteiger charge is -2.08. The largest absolute Gasteiger partial charge is 0.380 e. The van der Waals surface area contributed by atoms with E-state index in [1.54, 1.807) is 10.9 Å². The maximum absolute atomic E-state index is 12.7. The van der Waals surface area contributed by atoms with E-state index in [-0.39, 0.29) is 5.56 Å². The van der Waals surface area contributed by atoms with Crippen LogP contribution in [0.1, 0.15) is 12.6 Å². The number of hydrogen-bond acceptors (Lipinski definition) is 4. The van der Waals surface area contributed by atoms with Gasteiger partial charge in [0.1, 0.15) is 5.52 Å². The van der Waals surface area contributed by atoms with Crippen LogP contribution in [-0.4, -0.2) is 32.8 Å². The van der Waals surface area contributed by atoms with Gasteiger partial charge in [-0.05, 0) is 26.0 Å². The molecule has 0 saturated carbocycles. The normalized spacial score (nSPS) is 11.2. The zero-order valence-electron chi connectivity index (χ0n) is 12.7. The highest BCUT2D eigenvalue weighted by Crippen LogP contribution is 2.16. The van der Waals surface area contributed by atoms with E-state index in [4.69, 9.17) is 4.74 Å². The molecule has 0 bridgehead atoms. The molecular formula is C16H18N4O2. The molecule has 0 atom stereocenters. The van der Waals surface area contributed by atoms with Gasteiger partial charge in [-0.25, -0.2) is 9.36 Å². The molecule has 6 heteroatoms. The lowest BCUT2D eigenvalue weighted by Crippen LogP contribution is -2.27. The van der Waals surface area contributed by atoms with Gasteiger partial charge in [0.25, 0.3) is 5.56 Å². The van der Waals surface area contributed by atoms with Crippen molar-refractivity contribution in [1.82, 2.24) is 19.6 Å². The first-order valence-corrected chi connectivity index (χ1v) is 7.31. The molecule has 0 radical (unpaired) electrons. The fourth-order valence-electron chi connectivity index (χ4n) is 2.43. The zero-order valence-corrected chi connectivity index (χ0v) is 12.7. The van der Waals surface area contributed by atoms with Crippen LogP contribution < -0.4 is 5.56 Å². The molecule has 0 aliphatic carbocycles. The van der Waals surface area contributed by atoms with Crippen LogP contribution in [0.3, 0.4) is 0 Å². The summed E-state index contributed by atoms with van der Waals surface area (Å²) in [7, 11) is 0. The van der Waals surface area contributed by atoms with E-state index in [1.807, 2.05) is 44.2 Å². The number of benzene rings is 1. The molecule has 22 heavy (non-hydrogen) atoms. The molecule has 114 valence electrons. The monoisotopic (exact) mass is 298 g/mol. The highest BCUT2D eigenvalue weighted by atomic mass is 16.5. The summed E-state index contributed by atoms with van der Waals surface area (Å²) in [5.74, 6) is 0. The van der Waals surface area contributed by atoms with Gasteiger partial charge in [0.2, 0.25) is 0 Å². The Morgan fingerprint density at radius 2 is 2.00 bits per heavy atom. The maximum atomic E-state index is 12.7. The van der Waals surface area contributed by atoms with Gasteiger partial charge in [-0.3, -0.25) is 4.79 Å². The Morgan fingerprint density at radius 3 is 2.73 bits per heavy atom. The van der Waals surface area contributed by atoms with Crippen LogP contribution in [0.15, 0.2) is 41.3 Å². The predicted molar refractivity (Wildman–Crippen MR) is 84.4 cm³/mol. The second-order valence-corrected chi connectivity index (χ2v) is 4.96. The molecule has 0 fully saturated rings. The van der Waals surface area contributed by atoms with Crippen LogP contribution in [0, 0.1) is 6.92 Å². The van der Waals surface area contributed by atoms with Gasteiger partial charge in [0.15, 0.2) is 0 Å². The second kappa shape index (κ2) is 6.11. The Balaban J connectivity index is 2.14. The van der Waals surface area contributed by atoms with Crippen molar-refractivity contribution in [3.05, 3.63) is 52.6 Å². The summed E-state index contributed by atoms with van der Waals surface area (Å²) >= 11 is 0. The van der Waals surface area contributed by atoms with Crippen molar-refractivity contribution in [3.8, 4) is 5.69 Å². The first kappa shape index (κ1) is 14.5. The molecule has 0 N–H and O–H groups in total. The van der Waals surface area contributed by atoms with Crippen LogP contribution >= 0.6 is 0 Å². The highest BCUT2D eigenvalue weighted by Gasteiger charge is 2.14. The molecule has 1 aromatic carbocycles. The maximum Gasteiger partial charge on any atom is 0.293 e. The molecule has 0 amide bonds. The molecular weight excluding hydrogens is 280 g/mol. The molecule has 3 rings (SSSR count). The molecule has 0 saturated heterocycles. The number of aromatic nitrogens is 4. The van der Waals surface area contributed by atoms with Gasteiger partial charge < -0.3 is 4.74 Å². The average molecular weight is 298 g/mol. The summed E-state index contributed by atoms with van der Waals surface area (Å²) in [6.07, 6.45) is 1.69. The van der Waals surface area contributed by atoms with Crippen LogP contribution in [0.4, 0.5) is 0 Å². The molecule has 3 aromatic rings. The summed E-state index contributed by atoms with van der Waals surface area (Å²) in [6, 6.07) is 9.62. The van der Waals surface area contributed by atoms with E-state index in [0.29, 0.717) is 25.3 Å². The number of fused-ring (bicyclic) bond motifs is 1. The molecule has 6 nitrogen and oxygen atoms in total.